The van der Waals surface area contributed by atoms with Crippen molar-refractivity contribution in [3.63, 3.8) is 0 Å². The number of amides is 1. The molecule has 0 fully saturated rings. The third-order valence-electron chi connectivity index (χ3n) is 4.79. The molecule has 0 spiro atoms. The standard InChI is InChI=1S/C22H20Cl2N6OS2/c1-3-8-30-19(11-15-5-4-9-29(15)2)27-28-22(30)33-13-20(31)26-21-25-18(12-32-21)16-7-6-14(23)10-17(16)24/h3-7,9-10,12H,1,8,11,13H2,2H3,(H,25,26,31). The molecule has 11 heteroatoms. The number of thioether (sulfide) groups is 1. The van der Waals surface area contributed by atoms with Crippen LogP contribution in [0.5, 0.6) is 0 Å². The van der Waals surface area contributed by atoms with Crippen LogP contribution in [0.15, 0.2) is 59.7 Å². The van der Waals surface area contributed by atoms with Crippen molar-refractivity contribution in [2.45, 2.75) is 18.1 Å². The molecule has 0 unspecified atom stereocenters. The van der Waals surface area contributed by atoms with Crippen molar-refractivity contribution in [3.05, 3.63) is 76.1 Å². The Morgan fingerprint density at radius 1 is 1.30 bits per heavy atom. The molecule has 7 nitrogen and oxygen atoms in total. The Bertz CT molecular complexity index is 1300. The third kappa shape index (κ3) is 5.67. The van der Waals surface area contributed by atoms with Gasteiger partial charge in [-0.05, 0) is 30.3 Å². The molecule has 0 saturated heterocycles. The highest BCUT2D eigenvalue weighted by molar-refractivity contribution is 7.99. The SMILES string of the molecule is C=CCn1c(Cc2cccn2C)nnc1SCC(=O)Nc1nc(-c2ccc(Cl)cc2Cl)cs1. The minimum absolute atomic E-state index is 0.177. The van der Waals surface area contributed by atoms with Crippen LogP contribution >= 0.6 is 46.3 Å². The molecule has 0 aliphatic heterocycles. The van der Waals surface area contributed by atoms with E-state index in [4.69, 9.17) is 23.2 Å². The first-order valence-corrected chi connectivity index (χ1v) is 12.5. The average Bonchev–Trinajstić information content (AvgIpc) is 3.49. The summed E-state index contributed by atoms with van der Waals surface area (Å²) in [4.78, 5) is 17.0. The Morgan fingerprint density at radius 2 is 2.15 bits per heavy atom. The average molecular weight is 519 g/mol. The lowest BCUT2D eigenvalue weighted by Crippen LogP contribution is -2.14. The van der Waals surface area contributed by atoms with Gasteiger partial charge in [-0.2, -0.15) is 0 Å². The zero-order valence-corrected chi connectivity index (χ0v) is 20.8. The second kappa shape index (κ2) is 10.6. The molecule has 4 rings (SSSR count). The summed E-state index contributed by atoms with van der Waals surface area (Å²) in [6.45, 7) is 4.39. The topological polar surface area (TPSA) is 77.6 Å². The quantitative estimate of drug-likeness (QED) is 0.232. The summed E-state index contributed by atoms with van der Waals surface area (Å²) in [7, 11) is 1.99. The van der Waals surface area contributed by atoms with Crippen molar-refractivity contribution in [1.29, 1.82) is 0 Å². The molecule has 1 aromatic carbocycles. The summed E-state index contributed by atoms with van der Waals surface area (Å²) in [5.41, 5.74) is 2.57. The number of carbonyl (C=O) groups is 1. The first kappa shape index (κ1) is 23.6. The third-order valence-corrected chi connectivity index (χ3v) is 7.06. The van der Waals surface area contributed by atoms with Crippen molar-refractivity contribution >= 4 is 57.3 Å². The van der Waals surface area contributed by atoms with Gasteiger partial charge in [-0.25, -0.2) is 4.98 Å². The summed E-state index contributed by atoms with van der Waals surface area (Å²) in [6.07, 6.45) is 4.43. The Morgan fingerprint density at radius 3 is 2.88 bits per heavy atom. The van der Waals surface area contributed by atoms with Crippen LogP contribution in [0.1, 0.15) is 11.5 Å². The van der Waals surface area contributed by atoms with E-state index in [1.54, 1.807) is 24.3 Å². The minimum atomic E-state index is -0.180. The summed E-state index contributed by atoms with van der Waals surface area (Å²) in [6, 6.07) is 9.27. The molecule has 4 aromatic rings. The number of aromatic nitrogens is 5. The van der Waals surface area contributed by atoms with Crippen LogP contribution in [-0.4, -0.2) is 36.0 Å². The summed E-state index contributed by atoms with van der Waals surface area (Å²) < 4.78 is 4.02. The molecule has 3 heterocycles. The Balaban J connectivity index is 1.39. The van der Waals surface area contributed by atoms with E-state index in [9.17, 15) is 4.79 Å². The number of benzene rings is 1. The lowest BCUT2D eigenvalue weighted by molar-refractivity contribution is -0.113. The molecule has 1 N–H and O–H groups in total. The number of carbonyl (C=O) groups excluding carboxylic acids is 1. The van der Waals surface area contributed by atoms with E-state index in [2.05, 4.69) is 27.1 Å². The van der Waals surface area contributed by atoms with E-state index in [0.29, 0.717) is 39.0 Å². The maximum atomic E-state index is 12.5. The molecule has 0 atom stereocenters. The zero-order valence-electron chi connectivity index (χ0n) is 17.7. The van der Waals surface area contributed by atoms with E-state index in [1.165, 1.54) is 23.1 Å². The number of rotatable bonds is 9. The van der Waals surface area contributed by atoms with Gasteiger partial charge in [0.15, 0.2) is 10.3 Å². The van der Waals surface area contributed by atoms with Gasteiger partial charge in [-0.15, -0.1) is 28.1 Å². The van der Waals surface area contributed by atoms with Gasteiger partial charge in [0.25, 0.3) is 0 Å². The first-order valence-electron chi connectivity index (χ1n) is 9.91. The van der Waals surface area contributed by atoms with E-state index < -0.39 is 0 Å². The van der Waals surface area contributed by atoms with Gasteiger partial charge < -0.3 is 14.5 Å². The fraction of sp³-hybridized carbons (Fsp3) is 0.182. The molecule has 170 valence electrons. The summed E-state index contributed by atoms with van der Waals surface area (Å²) in [5.74, 6) is 0.819. The number of nitrogens with one attached hydrogen (secondary N) is 1. The van der Waals surface area contributed by atoms with Crippen molar-refractivity contribution in [1.82, 2.24) is 24.3 Å². The Kier molecular flexibility index (Phi) is 7.54. The van der Waals surface area contributed by atoms with Crippen molar-refractivity contribution in [2.75, 3.05) is 11.1 Å². The van der Waals surface area contributed by atoms with Gasteiger partial charge in [0.05, 0.1) is 16.5 Å². The predicted molar refractivity (Wildman–Crippen MR) is 135 cm³/mol. The fourth-order valence-corrected chi connectivity index (χ4v) is 5.15. The molecule has 0 aliphatic rings. The van der Waals surface area contributed by atoms with Gasteiger partial charge >= 0.3 is 0 Å². The van der Waals surface area contributed by atoms with E-state index in [1.807, 2.05) is 39.9 Å². The molecule has 0 saturated carbocycles. The largest absolute Gasteiger partial charge is 0.354 e. The smallest absolute Gasteiger partial charge is 0.236 e. The molecule has 1 amide bonds. The highest BCUT2D eigenvalue weighted by Crippen LogP contribution is 2.32. The molecule has 0 aliphatic carbocycles. The van der Waals surface area contributed by atoms with Gasteiger partial charge in [0.1, 0.15) is 5.82 Å². The first-order chi connectivity index (χ1) is 15.9. The van der Waals surface area contributed by atoms with Gasteiger partial charge in [-0.1, -0.05) is 41.0 Å². The Labute approximate surface area is 209 Å². The fourth-order valence-electron chi connectivity index (χ4n) is 3.15. The van der Waals surface area contributed by atoms with Crippen LogP contribution in [0.4, 0.5) is 5.13 Å². The normalized spacial score (nSPS) is 11.0. The lowest BCUT2D eigenvalue weighted by Gasteiger charge is -2.08. The number of aryl methyl sites for hydroxylation is 1. The number of thiazole rings is 1. The number of hydrogen-bond donors (Lipinski definition) is 1. The highest BCUT2D eigenvalue weighted by atomic mass is 35.5. The van der Waals surface area contributed by atoms with Crippen LogP contribution < -0.4 is 5.32 Å². The number of hydrogen-bond acceptors (Lipinski definition) is 6. The van der Waals surface area contributed by atoms with E-state index in [0.717, 1.165) is 17.1 Å². The van der Waals surface area contributed by atoms with Crippen molar-refractivity contribution in [3.8, 4) is 11.3 Å². The van der Waals surface area contributed by atoms with Crippen LogP contribution in [0.3, 0.4) is 0 Å². The predicted octanol–water partition coefficient (Wildman–Crippen LogP) is 5.55. The van der Waals surface area contributed by atoms with Gasteiger partial charge in [-0.3, -0.25) is 4.79 Å². The molecule has 33 heavy (non-hydrogen) atoms. The van der Waals surface area contributed by atoms with Gasteiger partial charge in [0, 0.05) is 47.9 Å². The maximum absolute atomic E-state index is 12.5. The lowest BCUT2D eigenvalue weighted by atomic mass is 10.2. The van der Waals surface area contributed by atoms with E-state index in [-0.39, 0.29) is 11.7 Å². The molecule has 0 radical (unpaired) electrons. The molecular weight excluding hydrogens is 499 g/mol. The zero-order chi connectivity index (χ0) is 23.4. The number of halogens is 2. The van der Waals surface area contributed by atoms with Crippen molar-refractivity contribution < 1.29 is 4.79 Å². The van der Waals surface area contributed by atoms with E-state index >= 15 is 0 Å². The monoisotopic (exact) mass is 518 g/mol. The second-order valence-corrected chi connectivity index (χ2v) is 9.73. The van der Waals surface area contributed by atoms with Crippen molar-refractivity contribution in [2.24, 2.45) is 7.05 Å². The molecular formula is C22H20Cl2N6OS2. The van der Waals surface area contributed by atoms with Crippen LogP contribution in [-0.2, 0) is 24.8 Å². The van der Waals surface area contributed by atoms with Crippen LogP contribution in [0.2, 0.25) is 10.0 Å². The minimum Gasteiger partial charge on any atom is -0.354 e. The highest BCUT2D eigenvalue weighted by Gasteiger charge is 2.16. The molecule has 3 aromatic heterocycles. The van der Waals surface area contributed by atoms with Crippen LogP contribution in [0.25, 0.3) is 11.3 Å². The number of anilines is 1. The summed E-state index contributed by atoms with van der Waals surface area (Å²) >= 11 is 14.9. The number of nitrogens with zero attached hydrogens (tertiary/aromatic N) is 5. The second-order valence-electron chi connectivity index (χ2n) is 7.08. The maximum Gasteiger partial charge on any atom is 0.236 e. The summed E-state index contributed by atoms with van der Waals surface area (Å²) in [5, 5.41) is 15.5. The number of allylic oxidation sites excluding steroid dienone is 1. The Hall–Kier alpha value is -2.59. The van der Waals surface area contributed by atoms with Crippen LogP contribution in [0, 0.1) is 0 Å². The molecule has 0 bridgehead atoms. The van der Waals surface area contributed by atoms with Gasteiger partial charge in [0.2, 0.25) is 5.91 Å².